The van der Waals surface area contributed by atoms with Gasteiger partial charge in [0.05, 0.1) is 0 Å². The maximum Gasteiger partial charge on any atom is 0.328 e. The Kier molecular flexibility index (Phi) is 7.56. The number of aryl methyl sites for hydroxylation is 1. The fraction of sp³-hybridized carbons (Fsp3) is 0.217. The molecular formula is C23H24O4. The first-order chi connectivity index (χ1) is 12.9. The van der Waals surface area contributed by atoms with Crippen LogP contribution in [0.5, 0.6) is 5.75 Å². The molecule has 4 nitrogen and oxygen atoms in total. The van der Waals surface area contributed by atoms with Gasteiger partial charge in [0.1, 0.15) is 5.75 Å². The molecule has 0 aromatic heterocycles. The summed E-state index contributed by atoms with van der Waals surface area (Å²) in [5.74, 6) is -0.776. The van der Waals surface area contributed by atoms with E-state index in [1.165, 1.54) is 6.08 Å². The van der Waals surface area contributed by atoms with E-state index < -0.39 is 5.97 Å². The molecule has 0 bridgehead atoms. The Balaban J connectivity index is 2.11. The van der Waals surface area contributed by atoms with Crippen LogP contribution >= 0.6 is 0 Å². The summed E-state index contributed by atoms with van der Waals surface area (Å²) in [5.41, 5.74) is 3.84. The summed E-state index contributed by atoms with van der Waals surface area (Å²) in [6.45, 7) is 4.00. The number of ether oxygens (including phenoxy) is 1. The van der Waals surface area contributed by atoms with E-state index in [9.17, 15) is 9.59 Å². The van der Waals surface area contributed by atoms with E-state index in [0.29, 0.717) is 25.0 Å². The third-order valence-electron chi connectivity index (χ3n) is 3.92. The third-order valence-corrected chi connectivity index (χ3v) is 3.92. The highest BCUT2D eigenvalue weighted by Gasteiger charge is 2.10. The predicted molar refractivity (Wildman–Crippen MR) is 107 cm³/mol. The second-order valence-electron chi connectivity index (χ2n) is 6.48. The topological polar surface area (TPSA) is 63.6 Å². The van der Waals surface area contributed by atoms with Crippen LogP contribution in [-0.2, 0) is 22.4 Å². The first-order valence-electron chi connectivity index (χ1n) is 8.86. The van der Waals surface area contributed by atoms with Gasteiger partial charge in [-0.1, -0.05) is 48.0 Å². The van der Waals surface area contributed by atoms with Crippen LogP contribution in [0.25, 0.3) is 6.08 Å². The van der Waals surface area contributed by atoms with Gasteiger partial charge in [0.25, 0.3) is 0 Å². The van der Waals surface area contributed by atoms with Crippen LogP contribution in [0.3, 0.4) is 0 Å². The maximum absolute atomic E-state index is 12.2. The number of carboxylic acids is 1. The van der Waals surface area contributed by atoms with Gasteiger partial charge in [-0.2, -0.15) is 0 Å². The lowest BCUT2D eigenvalue weighted by Gasteiger charge is -2.10. The van der Waals surface area contributed by atoms with Gasteiger partial charge in [0, 0.05) is 12.5 Å². The van der Waals surface area contributed by atoms with E-state index in [-0.39, 0.29) is 5.97 Å². The number of hydrogen-bond acceptors (Lipinski definition) is 3. The molecule has 0 fully saturated rings. The van der Waals surface area contributed by atoms with Crippen molar-refractivity contribution in [3.8, 4) is 5.75 Å². The molecule has 0 heterocycles. The standard InChI is InChI=1S/C23H24O4/c1-17(2)8-12-20-16-19(10-14-22(24)25)9-13-21(20)27-23(26)15-11-18-6-4-3-5-7-18/h3-10,13-14,16H,11-12,15H2,1-2H3,(H,24,25). The number of rotatable bonds is 8. The number of aliphatic carboxylic acids is 1. The zero-order chi connectivity index (χ0) is 19.6. The Morgan fingerprint density at radius 2 is 1.81 bits per heavy atom. The van der Waals surface area contributed by atoms with Gasteiger partial charge < -0.3 is 9.84 Å². The summed E-state index contributed by atoms with van der Waals surface area (Å²) in [5, 5.41) is 8.78. The average Bonchev–Trinajstić information content (AvgIpc) is 2.65. The van der Waals surface area contributed by atoms with Gasteiger partial charge in [0.2, 0.25) is 0 Å². The fourth-order valence-corrected chi connectivity index (χ4v) is 2.51. The van der Waals surface area contributed by atoms with Crippen LogP contribution in [0.2, 0.25) is 0 Å². The van der Waals surface area contributed by atoms with Crippen LogP contribution in [0, 0.1) is 0 Å². The smallest absolute Gasteiger partial charge is 0.328 e. The van der Waals surface area contributed by atoms with Crippen molar-refractivity contribution in [3.63, 3.8) is 0 Å². The second-order valence-corrected chi connectivity index (χ2v) is 6.48. The van der Waals surface area contributed by atoms with Crippen molar-refractivity contribution >= 4 is 18.0 Å². The van der Waals surface area contributed by atoms with E-state index in [4.69, 9.17) is 9.84 Å². The van der Waals surface area contributed by atoms with Crippen LogP contribution in [0.1, 0.15) is 37.0 Å². The maximum atomic E-state index is 12.2. The van der Waals surface area contributed by atoms with Crippen molar-refractivity contribution in [2.24, 2.45) is 0 Å². The van der Waals surface area contributed by atoms with Gasteiger partial charge in [-0.25, -0.2) is 4.79 Å². The van der Waals surface area contributed by atoms with Crippen molar-refractivity contribution in [1.29, 1.82) is 0 Å². The third kappa shape index (κ3) is 7.32. The average molecular weight is 364 g/mol. The highest BCUT2D eigenvalue weighted by Crippen LogP contribution is 2.23. The van der Waals surface area contributed by atoms with Crippen LogP contribution in [0.4, 0.5) is 0 Å². The summed E-state index contributed by atoms with van der Waals surface area (Å²) in [7, 11) is 0. The molecule has 0 saturated heterocycles. The van der Waals surface area contributed by atoms with E-state index in [0.717, 1.165) is 28.3 Å². The van der Waals surface area contributed by atoms with E-state index in [2.05, 4.69) is 0 Å². The summed E-state index contributed by atoms with van der Waals surface area (Å²) in [4.78, 5) is 23.0. The van der Waals surface area contributed by atoms with Gasteiger partial charge in [-0.3, -0.25) is 4.79 Å². The van der Waals surface area contributed by atoms with Crippen molar-refractivity contribution in [1.82, 2.24) is 0 Å². The lowest BCUT2D eigenvalue weighted by atomic mass is 10.0. The number of carbonyl (C=O) groups excluding carboxylic acids is 1. The molecule has 0 aliphatic carbocycles. The van der Waals surface area contributed by atoms with Crippen molar-refractivity contribution in [2.45, 2.75) is 33.1 Å². The summed E-state index contributed by atoms with van der Waals surface area (Å²) < 4.78 is 5.57. The predicted octanol–water partition coefficient (Wildman–Crippen LogP) is 4.83. The largest absolute Gasteiger partial charge is 0.478 e. The van der Waals surface area contributed by atoms with Gasteiger partial charge in [0.15, 0.2) is 0 Å². The Bertz CT molecular complexity index is 844. The summed E-state index contributed by atoms with van der Waals surface area (Å²) >= 11 is 0. The summed E-state index contributed by atoms with van der Waals surface area (Å²) in [6.07, 6.45) is 6.19. The van der Waals surface area contributed by atoms with Crippen molar-refractivity contribution in [3.05, 3.63) is 82.9 Å². The minimum absolute atomic E-state index is 0.286. The van der Waals surface area contributed by atoms with Gasteiger partial charge in [-0.15, -0.1) is 0 Å². The minimum Gasteiger partial charge on any atom is -0.478 e. The molecule has 0 aliphatic heterocycles. The molecule has 2 rings (SSSR count). The molecule has 27 heavy (non-hydrogen) atoms. The first-order valence-corrected chi connectivity index (χ1v) is 8.86. The lowest BCUT2D eigenvalue weighted by Crippen LogP contribution is -2.10. The molecule has 0 spiro atoms. The molecule has 2 aromatic rings. The van der Waals surface area contributed by atoms with Crippen molar-refractivity contribution in [2.75, 3.05) is 0 Å². The first kappa shape index (κ1) is 20.2. The normalized spacial score (nSPS) is 10.6. The minimum atomic E-state index is -1.00. The number of allylic oxidation sites excluding steroid dienone is 2. The zero-order valence-corrected chi connectivity index (χ0v) is 15.6. The number of hydrogen-bond donors (Lipinski definition) is 1. The molecular weight excluding hydrogens is 340 g/mol. The molecule has 2 aromatic carbocycles. The Hall–Kier alpha value is -3.14. The highest BCUT2D eigenvalue weighted by molar-refractivity contribution is 5.85. The number of carbonyl (C=O) groups is 2. The molecule has 0 aliphatic rings. The van der Waals surface area contributed by atoms with E-state index in [1.807, 2.05) is 56.3 Å². The highest BCUT2D eigenvalue weighted by atomic mass is 16.5. The van der Waals surface area contributed by atoms with E-state index in [1.54, 1.807) is 12.1 Å². The van der Waals surface area contributed by atoms with Crippen LogP contribution in [-0.4, -0.2) is 17.0 Å². The van der Waals surface area contributed by atoms with Crippen LogP contribution < -0.4 is 4.74 Å². The zero-order valence-electron chi connectivity index (χ0n) is 15.6. The van der Waals surface area contributed by atoms with Crippen LogP contribution in [0.15, 0.2) is 66.3 Å². The molecule has 4 heteroatoms. The molecule has 0 radical (unpaired) electrons. The Labute approximate surface area is 159 Å². The Morgan fingerprint density at radius 1 is 1.07 bits per heavy atom. The molecule has 0 saturated carbocycles. The quantitative estimate of drug-likeness (QED) is 0.315. The molecule has 140 valence electrons. The molecule has 1 N–H and O–H groups in total. The Morgan fingerprint density at radius 3 is 2.48 bits per heavy atom. The second kappa shape index (κ2) is 10.1. The van der Waals surface area contributed by atoms with Gasteiger partial charge in [-0.05, 0) is 61.6 Å². The molecule has 0 amide bonds. The monoisotopic (exact) mass is 364 g/mol. The van der Waals surface area contributed by atoms with E-state index >= 15 is 0 Å². The number of carboxylic acid groups (broad SMARTS) is 1. The SMILES string of the molecule is CC(C)=CCc1cc(C=CC(=O)O)ccc1OC(=O)CCc1ccccc1. The lowest BCUT2D eigenvalue weighted by molar-refractivity contribution is -0.134. The number of benzene rings is 2. The van der Waals surface area contributed by atoms with Crippen molar-refractivity contribution < 1.29 is 19.4 Å². The fourth-order valence-electron chi connectivity index (χ4n) is 2.51. The molecule has 0 atom stereocenters. The molecule has 0 unspecified atom stereocenters. The van der Waals surface area contributed by atoms with Gasteiger partial charge >= 0.3 is 11.9 Å². The number of esters is 1. The summed E-state index contributed by atoms with van der Waals surface area (Å²) in [6, 6.07) is 15.1.